The molecule has 0 saturated heterocycles. The first kappa shape index (κ1) is 20.3. The van der Waals surface area contributed by atoms with Crippen LogP contribution in [-0.4, -0.2) is 42.8 Å². The number of hydrogen-bond donors (Lipinski definition) is 0. The van der Waals surface area contributed by atoms with Crippen molar-refractivity contribution < 1.29 is 23.2 Å². The van der Waals surface area contributed by atoms with Crippen LogP contribution in [0.2, 0.25) is 38.3 Å². The van der Waals surface area contributed by atoms with Crippen molar-refractivity contribution in [3.8, 4) is 0 Å². The molecule has 0 N–H and O–H groups in total. The third-order valence-electron chi connectivity index (χ3n) is 3.36. The molecule has 21 heavy (non-hydrogen) atoms. The summed E-state index contributed by atoms with van der Waals surface area (Å²) in [6.07, 6.45) is 0. The maximum Gasteiger partial charge on any atom is 0.308 e. The Balaban J connectivity index is 4.67. The van der Waals surface area contributed by atoms with E-state index < -0.39 is 16.6 Å². The van der Waals surface area contributed by atoms with E-state index in [-0.39, 0.29) is 23.8 Å². The minimum absolute atomic E-state index is 0.153. The second-order valence-electron chi connectivity index (χ2n) is 6.88. The molecule has 7 heteroatoms. The van der Waals surface area contributed by atoms with E-state index >= 15 is 0 Å². The molecule has 0 saturated carbocycles. The number of esters is 2. The average Bonchev–Trinajstić information content (AvgIpc) is 2.33. The Bertz CT molecular complexity index is 334. The molecule has 0 aromatic heterocycles. The Morgan fingerprint density at radius 3 is 1.33 bits per heavy atom. The van der Waals surface area contributed by atoms with Gasteiger partial charge in [0, 0.05) is 0 Å². The van der Waals surface area contributed by atoms with Crippen LogP contribution in [0.4, 0.5) is 0 Å². The van der Waals surface area contributed by atoms with Crippen LogP contribution >= 0.6 is 0 Å². The minimum Gasteiger partial charge on any atom is -0.469 e. The molecule has 5 nitrogen and oxygen atoms in total. The first-order chi connectivity index (χ1) is 9.44. The Kier molecular flexibility index (Phi) is 7.84. The molecule has 2 atom stereocenters. The second-order valence-corrected chi connectivity index (χ2v) is 15.5. The van der Waals surface area contributed by atoms with Crippen molar-refractivity contribution >= 4 is 28.6 Å². The Morgan fingerprint density at radius 1 is 0.810 bits per heavy atom. The standard InChI is InChI=1S/C14H30O5Si2/c1-11(13(15)17-3)9-20(5,6)19-21(7,8)10-12(2)14(16)18-4/h11-12H,9-10H2,1-8H3. The van der Waals surface area contributed by atoms with Crippen LogP contribution in [0, 0.1) is 11.8 Å². The molecule has 0 aliphatic rings. The lowest BCUT2D eigenvalue weighted by atomic mass is 10.2. The quantitative estimate of drug-likeness (QED) is 0.504. The van der Waals surface area contributed by atoms with Crippen LogP contribution in [-0.2, 0) is 23.2 Å². The first-order valence-electron chi connectivity index (χ1n) is 7.30. The highest BCUT2D eigenvalue weighted by Gasteiger charge is 2.37. The zero-order valence-corrected chi connectivity index (χ0v) is 16.6. The van der Waals surface area contributed by atoms with Gasteiger partial charge in [-0.3, -0.25) is 9.59 Å². The van der Waals surface area contributed by atoms with Crippen LogP contribution in [0.15, 0.2) is 0 Å². The van der Waals surface area contributed by atoms with E-state index in [1.165, 1.54) is 14.2 Å². The highest BCUT2D eigenvalue weighted by molar-refractivity contribution is 6.85. The highest BCUT2D eigenvalue weighted by Crippen LogP contribution is 2.27. The number of methoxy groups -OCH3 is 2. The molecule has 0 fully saturated rings. The van der Waals surface area contributed by atoms with Crippen molar-refractivity contribution in [3.63, 3.8) is 0 Å². The highest BCUT2D eigenvalue weighted by atomic mass is 28.4. The summed E-state index contributed by atoms with van der Waals surface area (Å²) < 4.78 is 16.0. The van der Waals surface area contributed by atoms with E-state index in [1.807, 2.05) is 13.8 Å². The normalized spacial score (nSPS) is 15.2. The fraction of sp³-hybridized carbons (Fsp3) is 0.857. The van der Waals surface area contributed by atoms with Gasteiger partial charge in [0.15, 0.2) is 16.6 Å². The van der Waals surface area contributed by atoms with Crippen molar-refractivity contribution in [2.24, 2.45) is 11.8 Å². The Labute approximate surface area is 130 Å². The summed E-state index contributed by atoms with van der Waals surface area (Å²) in [6.45, 7) is 12.2. The SMILES string of the molecule is COC(=O)C(C)C[Si](C)(C)O[Si](C)(C)CC(C)C(=O)OC. The van der Waals surface area contributed by atoms with Crippen LogP contribution in [0.1, 0.15) is 13.8 Å². The van der Waals surface area contributed by atoms with Crippen LogP contribution in [0.25, 0.3) is 0 Å². The molecular weight excluding hydrogens is 304 g/mol. The van der Waals surface area contributed by atoms with Gasteiger partial charge < -0.3 is 13.6 Å². The van der Waals surface area contributed by atoms with Gasteiger partial charge in [-0.05, 0) is 38.3 Å². The molecule has 0 spiro atoms. The summed E-state index contributed by atoms with van der Waals surface area (Å²) >= 11 is 0. The zero-order chi connectivity index (χ0) is 16.8. The molecule has 0 radical (unpaired) electrons. The van der Waals surface area contributed by atoms with E-state index in [0.29, 0.717) is 0 Å². The molecule has 124 valence electrons. The topological polar surface area (TPSA) is 61.8 Å². The van der Waals surface area contributed by atoms with Crippen molar-refractivity contribution in [1.29, 1.82) is 0 Å². The lowest BCUT2D eigenvalue weighted by Crippen LogP contribution is -2.47. The van der Waals surface area contributed by atoms with Gasteiger partial charge in [-0.25, -0.2) is 0 Å². The number of rotatable bonds is 8. The summed E-state index contributed by atoms with van der Waals surface area (Å²) in [5.74, 6) is -0.692. The minimum atomic E-state index is -1.98. The van der Waals surface area contributed by atoms with E-state index in [9.17, 15) is 9.59 Å². The van der Waals surface area contributed by atoms with Crippen molar-refractivity contribution in [1.82, 2.24) is 0 Å². The predicted octanol–water partition coefficient (Wildman–Crippen LogP) is 3.03. The fourth-order valence-corrected chi connectivity index (χ4v) is 12.8. The van der Waals surface area contributed by atoms with Gasteiger partial charge in [0.05, 0.1) is 26.1 Å². The molecule has 0 amide bonds. The maximum absolute atomic E-state index is 11.6. The number of hydrogen-bond acceptors (Lipinski definition) is 5. The Hall–Kier alpha value is -0.666. The van der Waals surface area contributed by atoms with Crippen LogP contribution in [0.3, 0.4) is 0 Å². The molecule has 0 aliphatic carbocycles. The van der Waals surface area contributed by atoms with Gasteiger partial charge in [-0.1, -0.05) is 13.8 Å². The first-order valence-corrected chi connectivity index (χ1v) is 13.5. The van der Waals surface area contributed by atoms with Gasteiger partial charge in [-0.2, -0.15) is 0 Å². The summed E-state index contributed by atoms with van der Waals surface area (Å²) in [5, 5.41) is 0. The summed E-state index contributed by atoms with van der Waals surface area (Å²) in [6, 6.07) is 1.45. The smallest absolute Gasteiger partial charge is 0.308 e. The average molecular weight is 335 g/mol. The molecular formula is C14H30O5Si2. The van der Waals surface area contributed by atoms with E-state index in [4.69, 9.17) is 13.6 Å². The predicted molar refractivity (Wildman–Crippen MR) is 88.0 cm³/mol. The lowest BCUT2D eigenvalue weighted by molar-refractivity contribution is -0.145. The van der Waals surface area contributed by atoms with Crippen molar-refractivity contribution in [3.05, 3.63) is 0 Å². The van der Waals surface area contributed by atoms with E-state index in [1.54, 1.807) is 0 Å². The molecule has 2 unspecified atom stereocenters. The number of carbonyl (C=O) groups is 2. The van der Waals surface area contributed by atoms with Gasteiger partial charge in [0.25, 0.3) is 0 Å². The molecule has 0 aliphatic heterocycles. The van der Waals surface area contributed by atoms with E-state index in [2.05, 4.69) is 26.2 Å². The molecule has 0 heterocycles. The summed E-state index contributed by atoms with van der Waals surface area (Å²) in [7, 11) is -1.15. The van der Waals surface area contributed by atoms with Gasteiger partial charge in [-0.15, -0.1) is 0 Å². The second kappa shape index (κ2) is 8.09. The van der Waals surface area contributed by atoms with Crippen LogP contribution in [0.5, 0.6) is 0 Å². The van der Waals surface area contributed by atoms with Crippen LogP contribution < -0.4 is 0 Å². The number of carbonyl (C=O) groups excluding carboxylic acids is 2. The number of ether oxygens (including phenoxy) is 2. The lowest BCUT2D eigenvalue weighted by Gasteiger charge is -2.36. The Morgan fingerprint density at radius 2 is 1.10 bits per heavy atom. The fourth-order valence-electron chi connectivity index (χ4n) is 2.88. The van der Waals surface area contributed by atoms with E-state index in [0.717, 1.165) is 12.1 Å². The van der Waals surface area contributed by atoms with Gasteiger partial charge >= 0.3 is 11.9 Å². The van der Waals surface area contributed by atoms with Gasteiger partial charge in [0.1, 0.15) is 0 Å². The summed E-state index contributed by atoms with van der Waals surface area (Å²) in [5.41, 5.74) is 0. The molecule has 0 bridgehead atoms. The largest absolute Gasteiger partial charge is 0.469 e. The molecule has 0 aromatic rings. The maximum atomic E-state index is 11.6. The molecule has 0 aromatic carbocycles. The third-order valence-corrected chi connectivity index (χ3v) is 11.0. The van der Waals surface area contributed by atoms with Gasteiger partial charge in [0.2, 0.25) is 0 Å². The zero-order valence-electron chi connectivity index (χ0n) is 14.6. The molecule has 0 rings (SSSR count). The monoisotopic (exact) mass is 334 g/mol. The third kappa shape index (κ3) is 7.78. The summed E-state index contributed by atoms with van der Waals surface area (Å²) in [4.78, 5) is 23.1. The van der Waals surface area contributed by atoms with Crippen molar-refractivity contribution in [2.45, 2.75) is 52.1 Å². The van der Waals surface area contributed by atoms with Crippen molar-refractivity contribution in [2.75, 3.05) is 14.2 Å².